The molecule has 1 N–H and O–H groups in total. The van der Waals surface area contributed by atoms with Gasteiger partial charge in [-0.15, -0.1) is 0 Å². The summed E-state index contributed by atoms with van der Waals surface area (Å²) in [6, 6.07) is 5.12. The van der Waals surface area contributed by atoms with Crippen LogP contribution in [0.2, 0.25) is 0 Å². The van der Waals surface area contributed by atoms with E-state index in [2.05, 4.69) is 14.9 Å². The van der Waals surface area contributed by atoms with Crippen LogP contribution in [0, 0.1) is 12.7 Å². The van der Waals surface area contributed by atoms with Crippen molar-refractivity contribution in [1.29, 1.82) is 0 Å². The lowest BCUT2D eigenvalue weighted by molar-refractivity contribution is 0.313. The molecule has 1 aromatic carbocycles. The van der Waals surface area contributed by atoms with E-state index in [9.17, 15) is 4.39 Å². The van der Waals surface area contributed by atoms with Crippen molar-refractivity contribution in [1.82, 2.24) is 14.9 Å². The largest absolute Gasteiger partial charge is 0.493 e. The van der Waals surface area contributed by atoms with Crippen LogP contribution in [-0.4, -0.2) is 22.7 Å². The Balaban J connectivity index is 1.49. The standard InChI is InChI=1S/C18H24FN3O/c1-14-20-9-11-22(14)10-3-2-8-21-17-5-4-12-23-18-13-15(19)6-7-16(17)18/h6-7,9,11,13,17,21H,2-5,8,10,12H2,1H3. The summed E-state index contributed by atoms with van der Waals surface area (Å²) >= 11 is 0. The Morgan fingerprint density at radius 2 is 2.30 bits per heavy atom. The minimum absolute atomic E-state index is 0.236. The summed E-state index contributed by atoms with van der Waals surface area (Å²) in [5.41, 5.74) is 1.08. The Labute approximate surface area is 136 Å². The molecule has 0 bridgehead atoms. The number of imidazole rings is 1. The van der Waals surface area contributed by atoms with Crippen molar-refractivity contribution >= 4 is 0 Å². The van der Waals surface area contributed by atoms with Crippen LogP contribution in [0.15, 0.2) is 30.6 Å². The molecule has 1 aliphatic rings. The molecule has 0 amide bonds. The van der Waals surface area contributed by atoms with Crippen LogP contribution in [0.1, 0.15) is 43.1 Å². The fourth-order valence-corrected chi connectivity index (χ4v) is 3.08. The van der Waals surface area contributed by atoms with E-state index in [-0.39, 0.29) is 11.9 Å². The fourth-order valence-electron chi connectivity index (χ4n) is 3.08. The van der Waals surface area contributed by atoms with Crippen molar-refractivity contribution in [2.45, 2.75) is 45.2 Å². The topological polar surface area (TPSA) is 39.1 Å². The summed E-state index contributed by atoms with van der Waals surface area (Å²) in [5, 5.41) is 3.60. The molecule has 0 spiro atoms. The lowest BCUT2D eigenvalue weighted by atomic mass is 10.0. The third-order valence-corrected chi connectivity index (χ3v) is 4.39. The Hall–Kier alpha value is -1.88. The minimum Gasteiger partial charge on any atom is -0.493 e. The van der Waals surface area contributed by atoms with E-state index in [1.54, 1.807) is 0 Å². The van der Waals surface area contributed by atoms with Crippen molar-refractivity contribution in [3.63, 3.8) is 0 Å². The van der Waals surface area contributed by atoms with Crippen molar-refractivity contribution in [3.8, 4) is 5.75 Å². The lowest BCUT2D eigenvalue weighted by Crippen LogP contribution is -2.22. The molecule has 5 heteroatoms. The first-order chi connectivity index (χ1) is 11.2. The highest BCUT2D eigenvalue weighted by atomic mass is 19.1. The SMILES string of the molecule is Cc1nccn1CCCCNC1CCCOc2cc(F)ccc21. The maximum atomic E-state index is 13.4. The summed E-state index contributed by atoms with van der Waals surface area (Å²) < 4.78 is 21.2. The van der Waals surface area contributed by atoms with Gasteiger partial charge in [0.15, 0.2) is 0 Å². The number of hydrogen-bond donors (Lipinski definition) is 1. The van der Waals surface area contributed by atoms with Crippen LogP contribution in [-0.2, 0) is 6.54 Å². The summed E-state index contributed by atoms with van der Waals surface area (Å²) in [6.07, 6.45) is 8.10. The number of fused-ring (bicyclic) bond motifs is 1. The number of halogens is 1. The van der Waals surface area contributed by atoms with Crippen LogP contribution in [0.4, 0.5) is 4.39 Å². The second kappa shape index (κ2) is 7.59. The molecule has 0 saturated heterocycles. The van der Waals surface area contributed by atoms with E-state index in [0.29, 0.717) is 12.4 Å². The molecule has 2 heterocycles. The molecule has 23 heavy (non-hydrogen) atoms. The van der Waals surface area contributed by atoms with Crippen LogP contribution in [0.25, 0.3) is 0 Å². The smallest absolute Gasteiger partial charge is 0.126 e. The van der Waals surface area contributed by atoms with E-state index in [1.165, 1.54) is 12.1 Å². The Kier molecular flexibility index (Phi) is 5.28. The van der Waals surface area contributed by atoms with Gasteiger partial charge in [-0.25, -0.2) is 9.37 Å². The van der Waals surface area contributed by atoms with Gasteiger partial charge in [-0.05, 0) is 45.2 Å². The highest BCUT2D eigenvalue weighted by Crippen LogP contribution is 2.31. The molecule has 1 unspecified atom stereocenters. The molecule has 124 valence electrons. The van der Waals surface area contributed by atoms with Gasteiger partial charge >= 0.3 is 0 Å². The van der Waals surface area contributed by atoms with Gasteiger partial charge < -0.3 is 14.6 Å². The molecule has 0 radical (unpaired) electrons. The summed E-state index contributed by atoms with van der Waals surface area (Å²) in [4.78, 5) is 4.23. The summed E-state index contributed by atoms with van der Waals surface area (Å²) in [5.74, 6) is 1.52. The number of benzene rings is 1. The van der Waals surface area contributed by atoms with Gasteiger partial charge in [0.25, 0.3) is 0 Å². The maximum absolute atomic E-state index is 13.4. The number of aromatic nitrogens is 2. The third-order valence-electron chi connectivity index (χ3n) is 4.39. The zero-order valence-corrected chi connectivity index (χ0v) is 13.6. The molecular formula is C18H24FN3O. The zero-order valence-electron chi connectivity index (χ0n) is 13.6. The first-order valence-corrected chi connectivity index (χ1v) is 8.37. The van der Waals surface area contributed by atoms with Crippen LogP contribution >= 0.6 is 0 Å². The highest BCUT2D eigenvalue weighted by molar-refractivity contribution is 5.37. The Morgan fingerprint density at radius 3 is 3.13 bits per heavy atom. The van der Waals surface area contributed by atoms with Gasteiger partial charge in [0, 0.05) is 36.6 Å². The predicted molar refractivity (Wildman–Crippen MR) is 88.1 cm³/mol. The van der Waals surface area contributed by atoms with Crippen molar-refractivity contribution in [2.75, 3.05) is 13.2 Å². The molecule has 1 atom stereocenters. The van der Waals surface area contributed by atoms with E-state index in [4.69, 9.17) is 4.74 Å². The molecule has 0 saturated carbocycles. The molecule has 4 nitrogen and oxygen atoms in total. The number of hydrogen-bond acceptors (Lipinski definition) is 3. The van der Waals surface area contributed by atoms with Crippen molar-refractivity contribution in [3.05, 3.63) is 47.8 Å². The quantitative estimate of drug-likeness (QED) is 0.827. The van der Waals surface area contributed by atoms with Crippen LogP contribution in [0.3, 0.4) is 0 Å². The fraction of sp³-hybridized carbons (Fsp3) is 0.500. The van der Waals surface area contributed by atoms with Gasteiger partial charge in [-0.2, -0.15) is 0 Å². The monoisotopic (exact) mass is 317 g/mol. The number of rotatable bonds is 6. The van der Waals surface area contributed by atoms with E-state index in [0.717, 1.165) is 50.2 Å². The maximum Gasteiger partial charge on any atom is 0.126 e. The van der Waals surface area contributed by atoms with Crippen LogP contribution < -0.4 is 10.1 Å². The zero-order chi connectivity index (χ0) is 16.1. The first kappa shape index (κ1) is 16.0. The third kappa shape index (κ3) is 4.10. The minimum atomic E-state index is -0.236. The lowest BCUT2D eigenvalue weighted by Gasteiger charge is -2.18. The molecule has 1 aliphatic heterocycles. The summed E-state index contributed by atoms with van der Waals surface area (Å²) in [6.45, 7) is 4.65. The number of ether oxygens (including phenoxy) is 1. The normalized spacial score (nSPS) is 17.4. The average Bonchev–Trinajstić information content (AvgIpc) is 2.84. The average molecular weight is 317 g/mol. The predicted octanol–water partition coefficient (Wildman–Crippen LogP) is 3.61. The molecule has 0 aliphatic carbocycles. The Morgan fingerprint density at radius 1 is 1.39 bits per heavy atom. The van der Waals surface area contributed by atoms with E-state index >= 15 is 0 Å². The number of aryl methyl sites for hydroxylation is 2. The molecule has 0 fully saturated rings. The second-order valence-corrected chi connectivity index (χ2v) is 6.05. The van der Waals surface area contributed by atoms with Gasteiger partial charge in [0.2, 0.25) is 0 Å². The van der Waals surface area contributed by atoms with Gasteiger partial charge in [0.05, 0.1) is 6.61 Å². The van der Waals surface area contributed by atoms with Gasteiger partial charge in [-0.1, -0.05) is 6.07 Å². The molecule has 3 rings (SSSR count). The Bertz CT molecular complexity index is 641. The molecule has 2 aromatic rings. The number of unbranched alkanes of at least 4 members (excludes halogenated alkanes) is 1. The van der Waals surface area contributed by atoms with Crippen molar-refractivity contribution < 1.29 is 9.13 Å². The van der Waals surface area contributed by atoms with Crippen molar-refractivity contribution in [2.24, 2.45) is 0 Å². The first-order valence-electron chi connectivity index (χ1n) is 8.37. The van der Waals surface area contributed by atoms with E-state index in [1.807, 2.05) is 25.4 Å². The van der Waals surface area contributed by atoms with Crippen LogP contribution in [0.5, 0.6) is 5.75 Å². The molecule has 1 aromatic heterocycles. The summed E-state index contributed by atoms with van der Waals surface area (Å²) in [7, 11) is 0. The number of nitrogens with zero attached hydrogens (tertiary/aromatic N) is 2. The number of nitrogens with one attached hydrogen (secondary N) is 1. The van der Waals surface area contributed by atoms with Gasteiger partial charge in [-0.3, -0.25) is 0 Å². The van der Waals surface area contributed by atoms with Gasteiger partial charge in [0.1, 0.15) is 17.4 Å². The highest BCUT2D eigenvalue weighted by Gasteiger charge is 2.19. The van der Waals surface area contributed by atoms with E-state index < -0.39 is 0 Å². The molecular weight excluding hydrogens is 293 g/mol. The second-order valence-electron chi connectivity index (χ2n) is 6.05.